The summed E-state index contributed by atoms with van der Waals surface area (Å²) >= 11 is 0. The van der Waals surface area contributed by atoms with Crippen molar-refractivity contribution in [2.24, 2.45) is 0 Å². The highest BCUT2D eigenvalue weighted by Crippen LogP contribution is 2.21. The van der Waals surface area contributed by atoms with E-state index in [9.17, 15) is 19.8 Å². The van der Waals surface area contributed by atoms with Crippen LogP contribution in [-0.4, -0.2) is 56.9 Å². The van der Waals surface area contributed by atoms with Gasteiger partial charge >= 0.3 is 5.97 Å². The zero-order valence-electron chi connectivity index (χ0n) is 14.1. The van der Waals surface area contributed by atoms with E-state index in [-0.39, 0.29) is 30.6 Å². The summed E-state index contributed by atoms with van der Waals surface area (Å²) in [5, 5.41) is 21.4. The highest BCUT2D eigenvalue weighted by Gasteiger charge is 2.26. The predicted molar refractivity (Wildman–Crippen MR) is 86.5 cm³/mol. The number of nitrogens with one attached hydrogen (secondary N) is 1. The molecule has 2 rings (SSSR count). The second kappa shape index (κ2) is 8.05. The van der Waals surface area contributed by atoms with Crippen LogP contribution in [0.2, 0.25) is 0 Å². The first-order valence-corrected chi connectivity index (χ1v) is 8.21. The van der Waals surface area contributed by atoms with Crippen LogP contribution in [0.5, 0.6) is 11.8 Å². The minimum atomic E-state index is -0.670. The second-order valence-corrected chi connectivity index (χ2v) is 6.21. The van der Waals surface area contributed by atoms with Gasteiger partial charge in [-0.05, 0) is 26.7 Å². The molecule has 1 fully saturated rings. The molecule has 0 spiro atoms. The molecule has 0 radical (unpaired) electrons. The van der Waals surface area contributed by atoms with Crippen LogP contribution in [0.4, 0.5) is 0 Å². The van der Waals surface area contributed by atoms with Gasteiger partial charge in [0.15, 0.2) is 0 Å². The van der Waals surface area contributed by atoms with Crippen molar-refractivity contribution in [3.8, 4) is 11.8 Å². The Kier molecular flexibility index (Phi) is 6.08. The third-order valence-electron chi connectivity index (χ3n) is 4.34. The Labute approximate surface area is 141 Å². The smallest absolute Gasteiger partial charge is 0.334 e. The van der Waals surface area contributed by atoms with E-state index >= 15 is 0 Å². The van der Waals surface area contributed by atoms with Gasteiger partial charge in [0.05, 0.1) is 13.0 Å². The predicted octanol–water partition coefficient (Wildman–Crippen LogP) is 0.624. The van der Waals surface area contributed by atoms with Gasteiger partial charge in [-0.25, -0.2) is 4.79 Å². The fourth-order valence-corrected chi connectivity index (χ4v) is 2.95. The van der Waals surface area contributed by atoms with E-state index in [0.717, 1.165) is 12.8 Å². The average molecular weight is 343 g/mol. The summed E-state index contributed by atoms with van der Waals surface area (Å²) in [6.45, 7) is 4.69. The quantitative estimate of drug-likeness (QED) is 0.517. The number of likely N-dealkylation sites (tertiary alicyclic amines) is 1. The van der Waals surface area contributed by atoms with Crippen LogP contribution in [0.1, 0.15) is 39.5 Å². The van der Waals surface area contributed by atoms with Gasteiger partial charge in [0.2, 0.25) is 17.7 Å². The molecule has 8 heteroatoms. The number of hydrogen-bond acceptors (Lipinski definition) is 6. The van der Waals surface area contributed by atoms with Crippen LogP contribution < -0.4 is 10.2 Å². The third-order valence-corrected chi connectivity index (χ3v) is 4.34. The Bertz CT molecular complexity index is 557. The molecule has 8 nitrogen and oxygen atoms in total. The maximum atomic E-state index is 12.0. The second-order valence-electron chi connectivity index (χ2n) is 6.21. The normalized spacial score (nSPS) is 21.4. The molecule has 1 aromatic rings. The lowest BCUT2D eigenvalue weighted by molar-refractivity contribution is -0.145. The number of rotatable bonds is 6. The molecule has 2 heterocycles. The highest BCUT2D eigenvalue weighted by molar-refractivity contribution is 5.79. The standard InChI is InChI=1S/C16H25N3O5/c1-11-4-3-5-12(2)18(11)10-13(20)17-9-8-16(23)24-19-14(21)6-7-15(19)22/h6-7,11-12,21-22H,3-5,8-10H2,1-2H3,(H,17,20)/t11-,12+/i1+1,9+1,13+1,17+1/m0/s1. The molecule has 1 aliphatic rings. The van der Waals surface area contributed by atoms with Gasteiger partial charge in [0, 0.05) is 30.8 Å². The molecule has 0 aliphatic carbocycles. The largest absolute Gasteiger partial charge is 0.492 e. The lowest BCUT2D eigenvalue weighted by atomic mass is 10.0. The van der Waals surface area contributed by atoms with Gasteiger partial charge in [-0.2, -0.15) is 0 Å². The van der Waals surface area contributed by atoms with Gasteiger partial charge in [-0.15, -0.1) is 4.73 Å². The van der Waals surface area contributed by atoms with Crippen molar-refractivity contribution in [3.63, 3.8) is 0 Å². The first-order chi connectivity index (χ1) is 11.4. The molecule has 1 aliphatic heterocycles. The van der Waals surface area contributed by atoms with E-state index < -0.39 is 5.97 Å². The molecule has 1 amide bonds. The molecular weight excluding hydrogens is 318 g/mol. The van der Waals surface area contributed by atoms with Crippen molar-refractivity contribution in [1.29, 1.82) is 0 Å². The molecule has 2 atom stereocenters. The summed E-state index contributed by atoms with van der Waals surface area (Å²) < 4.78 is 0.626. The zero-order chi connectivity index (χ0) is 17.7. The van der Waals surface area contributed by atoms with Crippen molar-refractivity contribution < 1.29 is 24.6 Å². The summed E-state index contributed by atoms with van der Waals surface area (Å²) in [6, 6.07) is 3.16. The molecule has 134 valence electrons. The number of piperidine rings is 1. The van der Waals surface area contributed by atoms with E-state index in [1.54, 1.807) is 0 Å². The molecule has 24 heavy (non-hydrogen) atoms. The van der Waals surface area contributed by atoms with Crippen molar-refractivity contribution >= 4 is 11.9 Å². The first-order valence-electron chi connectivity index (χ1n) is 8.21. The number of aromatic nitrogens is 1. The zero-order valence-corrected chi connectivity index (χ0v) is 14.1. The van der Waals surface area contributed by atoms with Crippen LogP contribution in [0.25, 0.3) is 0 Å². The Hall–Kier alpha value is -2.22. The summed E-state index contributed by atoms with van der Waals surface area (Å²) in [5.41, 5.74) is 0. The molecule has 0 aromatic carbocycles. The number of hydrogen-bond donors (Lipinski definition) is 3. The minimum absolute atomic E-state index is 0.0616. The highest BCUT2D eigenvalue weighted by atomic mass is 16.7. The Morgan fingerprint density at radius 3 is 2.38 bits per heavy atom. The van der Waals surface area contributed by atoms with E-state index in [1.807, 2.05) is 0 Å². The number of aromatic hydroxyl groups is 2. The molecule has 3 N–H and O–H groups in total. The lowest BCUT2D eigenvalue weighted by Gasteiger charge is -2.38. The Morgan fingerprint density at radius 2 is 1.79 bits per heavy atom. The SMILES string of the molecule is C[C@@H]1CCC[C@H]([13CH3])N1C[13C](=O)[15NH][13CH2]CC(=O)On1c(O)ccc1O. The van der Waals surface area contributed by atoms with Gasteiger partial charge in [0.25, 0.3) is 0 Å². The minimum Gasteiger partial charge on any atom is -0.492 e. The van der Waals surface area contributed by atoms with Crippen LogP contribution in [0.15, 0.2) is 12.1 Å². The third kappa shape index (κ3) is 4.64. The fraction of sp³-hybridized carbons (Fsp3) is 0.625. The first kappa shape index (κ1) is 18.1. The van der Waals surface area contributed by atoms with E-state index in [1.165, 1.54) is 18.6 Å². The monoisotopic (exact) mass is 343 g/mol. The van der Waals surface area contributed by atoms with Gasteiger partial charge in [-0.3, -0.25) is 9.69 Å². The summed E-state index contributed by atoms with van der Waals surface area (Å²) in [4.78, 5) is 30.7. The molecule has 0 bridgehead atoms. The van der Waals surface area contributed by atoms with Crippen molar-refractivity contribution in [3.05, 3.63) is 12.1 Å². The van der Waals surface area contributed by atoms with Crippen LogP contribution >= 0.6 is 0 Å². The number of carbonyl (C=O) groups excluding carboxylic acids is 2. The number of amides is 1. The topological polar surface area (TPSA) is 104 Å². The van der Waals surface area contributed by atoms with Crippen molar-refractivity contribution in [1.82, 2.24) is 14.9 Å². The lowest BCUT2D eigenvalue weighted by Crippen LogP contribution is -2.48. The maximum Gasteiger partial charge on any atom is 0.334 e. The van der Waals surface area contributed by atoms with Crippen LogP contribution in [0.3, 0.4) is 0 Å². The Balaban J connectivity index is 1.71. The average Bonchev–Trinajstić information content (AvgIpc) is 2.83. The number of carbonyl (C=O) groups is 2. The van der Waals surface area contributed by atoms with E-state index in [4.69, 9.17) is 4.84 Å². The molecular formula is C16H25N3O5. The summed E-state index contributed by atoms with van der Waals surface area (Å²) in [7, 11) is 0. The molecule has 1 saturated heterocycles. The van der Waals surface area contributed by atoms with E-state index in [2.05, 4.69) is 24.1 Å². The van der Waals surface area contributed by atoms with Gasteiger partial charge < -0.3 is 20.4 Å². The maximum absolute atomic E-state index is 12.0. The Morgan fingerprint density at radius 1 is 1.21 bits per heavy atom. The van der Waals surface area contributed by atoms with Crippen molar-refractivity contribution in [2.45, 2.75) is 51.6 Å². The van der Waals surface area contributed by atoms with Gasteiger partial charge in [0.1, 0.15) is 0 Å². The molecule has 1 aromatic heterocycles. The van der Waals surface area contributed by atoms with Crippen molar-refractivity contribution in [2.75, 3.05) is 13.1 Å². The fourth-order valence-electron chi connectivity index (χ4n) is 2.95. The summed E-state index contributed by atoms with van der Waals surface area (Å²) in [6.07, 6.45) is 3.31. The van der Waals surface area contributed by atoms with Gasteiger partial charge in [-0.1, -0.05) is 6.42 Å². The molecule has 0 unspecified atom stereocenters. The van der Waals surface area contributed by atoms with Crippen LogP contribution in [-0.2, 0) is 9.59 Å². The molecule has 0 saturated carbocycles. The number of nitrogens with zero attached hydrogens (tertiary/aromatic N) is 2. The van der Waals surface area contributed by atoms with Crippen LogP contribution in [0, 0.1) is 0 Å². The summed E-state index contributed by atoms with van der Waals surface area (Å²) in [5.74, 6) is -1.55. The van der Waals surface area contributed by atoms with E-state index in [0.29, 0.717) is 23.4 Å².